The summed E-state index contributed by atoms with van der Waals surface area (Å²) in [5, 5.41) is 15.8. The molecule has 0 saturated carbocycles. The van der Waals surface area contributed by atoms with Gasteiger partial charge in [-0.3, -0.25) is 4.79 Å². The molecule has 1 aromatic heterocycles. The van der Waals surface area contributed by atoms with Crippen LogP contribution < -0.4 is 15.4 Å². The molecule has 2 heterocycles. The van der Waals surface area contributed by atoms with Crippen molar-refractivity contribution in [1.82, 2.24) is 15.6 Å². The van der Waals surface area contributed by atoms with Crippen LogP contribution in [0.5, 0.6) is 11.6 Å². The molecule has 3 N–H and O–H groups in total. The third-order valence-corrected chi connectivity index (χ3v) is 4.81. The standard InChI is InChI=1S/C20H25N3O3/c1-13-4-3-5-18(14(13)2)26-20-8-15(6-7-22-20)10-23-19(25)9-16-11-21-12-17(16)24/h3-8,16-17,21,24H,9-12H2,1-2H3,(H,23,25)/t16-,17-/m1/s1. The van der Waals surface area contributed by atoms with Gasteiger partial charge in [0.25, 0.3) is 0 Å². The van der Waals surface area contributed by atoms with Crippen molar-refractivity contribution in [2.75, 3.05) is 13.1 Å². The first-order valence-corrected chi connectivity index (χ1v) is 8.87. The highest BCUT2D eigenvalue weighted by molar-refractivity contribution is 5.76. The fraction of sp³-hybridized carbons (Fsp3) is 0.400. The lowest BCUT2D eigenvalue weighted by Gasteiger charge is -2.13. The van der Waals surface area contributed by atoms with Crippen LogP contribution in [0.1, 0.15) is 23.1 Å². The van der Waals surface area contributed by atoms with E-state index in [9.17, 15) is 9.90 Å². The predicted octanol–water partition coefficient (Wildman–Crippen LogP) is 2.08. The third kappa shape index (κ3) is 4.59. The van der Waals surface area contributed by atoms with Crippen molar-refractivity contribution in [3.63, 3.8) is 0 Å². The maximum atomic E-state index is 12.1. The van der Waals surface area contributed by atoms with E-state index in [1.165, 1.54) is 0 Å². The van der Waals surface area contributed by atoms with Crippen LogP contribution in [0.2, 0.25) is 0 Å². The minimum absolute atomic E-state index is 0.0179. The van der Waals surface area contributed by atoms with Gasteiger partial charge in [0.1, 0.15) is 5.75 Å². The normalized spacial score (nSPS) is 19.3. The number of nitrogens with zero attached hydrogens (tertiary/aromatic N) is 1. The number of hydrogen-bond donors (Lipinski definition) is 3. The van der Waals surface area contributed by atoms with Crippen LogP contribution in [0.3, 0.4) is 0 Å². The molecule has 1 aliphatic heterocycles. The van der Waals surface area contributed by atoms with Crippen molar-refractivity contribution in [2.24, 2.45) is 5.92 Å². The van der Waals surface area contributed by atoms with E-state index in [0.29, 0.717) is 31.9 Å². The van der Waals surface area contributed by atoms with Crippen LogP contribution in [0.15, 0.2) is 36.5 Å². The zero-order valence-corrected chi connectivity index (χ0v) is 15.2. The number of aliphatic hydroxyl groups is 1. The number of nitrogens with one attached hydrogen (secondary N) is 2. The van der Waals surface area contributed by atoms with Gasteiger partial charge in [-0.2, -0.15) is 0 Å². The Morgan fingerprint density at radius 1 is 1.35 bits per heavy atom. The Bertz CT molecular complexity index is 779. The van der Waals surface area contributed by atoms with Gasteiger partial charge < -0.3 is 20.5 Å². The van der Waals surface area contributed by atoms with Gasteiger partial charge >= 0.3 is 0 Å². The molecule has 0 spiro atoms. The van der Waals surface area contributed by atoms with Crippen LogP contribution in [0, 0.1) is 19.8 Å². The number of aromatic nitrogens is 1. The second-order valence-electron chi connectivity index (χ2n) is 6.77. The zero-order valence-electron chi connectivity index (χ0n) is 15.2. The van der Waals surface area contributed by atoms with Crippen LogP contribution >= 0.6 is 0 Å². The predicted molar refractivity (Wildman–Crippen MR) is 99.1 cm³/mol. The Labute approximate surface area is 153 Å². The van der Waals surface area contributed by atoms with Crippen molar-refractivity contribution < 1.29 is 14.6 Å². The van der Waals surface area contributed by atoms with Gasteiger partial charge in [0.05, 0.1) is 6.10 Å². The van der Waals surface area contributed by atoms with E-state index in [-0.39, 0.29) is 11.8 Å². The number of hydrogen-bond acceptors (Lipinski definition) is 5. The van der Waals surface area contributed by atoms with Gasteiger partial charge in [0.15, 0.2) is 0 Å². The van der Waals surface area contributed by atoms with Gasteiger partial charge in [-0.25, -0.2) is 4.98 Å². The van der Waals surface area contributed by atoms with Crippen LogP contribution in [-0.2, 0) is 11.3 Å². The first kappa shape index (κ1) is 18.4. The number of ether oxygens (including phenoxy) is 1. The van der Waals surface area contributed by atoms with Crippen LogP contribution in [-0.4, -0.2) is 35.2 Å². The van der Waals surface area contributed by atoms with E-state index < -0.39 is 6.10 Å². The highest BCUT2D eigenvalue weighted by Crippen LogP contribution is 2.26. The molecule has 0 unspecified atom stereocenters. The summed E-state index contributed by atoms with van der Waals surface area (Å²) in [5.41, 5.74) is 3.16. The van der Waals surface area contributed by atoms with Crippen LogP contribution in [0.25, 0.3) is 0 Å². The van der Waals surface area contributed by atoms with Crippen molar-refractivity contribution >= 4 is 5.91 Å². The lowest BCUT2D eigenvalue weighted by Crippen LogP contribution is -2.29. The zero-order chi connectivity index (χ0) is 18.5. The Morgan fingerprint density at radius 2 is 2.19 bits per heavy atom. The number of benzene rings is 1. The average molecular weight is 355 g/mol. The largest absolute Gasteiger partial charge is 0.439 e. The molecule has 1 saturated heterocycles. The molecular weight excluding hydrogens is 330 g/mol. The molecule has 26 heavy (non-hydrogen) atoms. The van der Waals surface area contributed by atoms with Gasteiger partial charge in [0, 0.05) is 44.2 Å². The second-order valence-corrected chi connectivity index (χ2v) is 6.77. The molecule has 1 amide bonds. The van der Waals surface area contributed by atoms with E-state index in [1.54, 1.807) is 6.20 Å². The average Bonchev–Trinajstić information content (AvgIpc) is 3.02. The topological polar surface area (TPSA) is 83.5 Å². The quantitative estimate of drug-likeness (QED) is 0.739. The van der Waals surface area contributed by atoms with Crippen molar-refractivity contribution in [1.29, 1.82) is 0 Å². The number of aryl methyl sites for hydroxylation is 1. The Morgan fingerprint density at radius 3 is 2.96 bits per heavy atom. The highest BCUT2D eigenvalue weighted by Gasteiger charge is 2.26. The van der Waals surface area contributed by atoms with Crippen molar-refractivity contribution in [3.05, 3.63) is 53.2 Å². The lowest BCUT2D eigenvalue weighted by molar-refractivity contribution is -0.122. The molecule has 1 aliphatic rings. The van der Waals surface area contributed by atoms with Gasteiger partial charge in [-0.1, -0.05) is 12.1 Å². The van der Waals surface area contributed by atoms with E-state index in [0.717, 1.165) is 22.4 Å². The summed E-state index contributed by atoms with van der Waals surface area (Å²) in [4.78, 5) is 16.3. The number of amides is 1. The summed E-state index contributed by atoms with van der Waals surface area (Å²) in [6, 6.07) is 9.59. The molecule has 0 aliphatic carbocycles. The number of aliphatic hydroxyl groups excluding tert-OH is 1. The summed E-state index contributed by atoms with van der Waals surface area (Å²) in [5.74, 6) is 1.20. The minimum Gasteiger partial charge on any atom is -0.439 e. The molecule has 0 radical (unpaired) electrons. The fourth-order valence-corrected chi connectivity index (χ4v) is 3.00. The highest BCUT2D eigenvalue weighted by atomic mass is 16.5. The summed E-state index contributed by atoms with van der Waals surface area (Å²) in [6.07, 6.45) is 1.55. The summed E-state index contributed by atoms with van der Waals surface area (Å²) in [6.45, 7) is 5.69. The molecule has 1 fully saturated rings. The fourth-order valence-electron chi connectivity index (χ4n) is 3.00. The van der Waals surface area contributed by atoms with Crippen LogP contribution in [0.4, 0.5) is 0 Å². The monoisotopic (exact) mass is 355 g/mol. The van der Waals surface area contributed by atoms with E-state index >= 15 is 0 Å². The molecular formula is C20H25N3O3. The molecule has 2 atom stereocenters. The first-order chi connectivity index (χ1) is 12.5. The maximum absolute atomic E-state index is 12.1. The van der Waals surface area contributed by atoms with Crippen molar-refractivity contribution in [3.8, 4) is 11.6 Å². The molecule has 1 aromatic carbocycles. The van der Waals surface area contributed by atoms with Gasteiger partial charge in [-0.05, 0) is 42.7 Å². The number of pyridine rings is 1. The van der Waals surface area contributed by atoms with E-state index in [2.05, 4.69) is 15.6 Å². The number of carbonyl (C=O) groups excluding carboxylic acids is 1. The van der Waals surface area contributed by atoms with E-state index in [1.807, 2.05) is 44.2 Å². The Hall–Kier alpha value is -2.44. The van der Waals surface area contributed by atoms with Gasteiger partial charge in [0.2, 0.25) is 11.8 Å². The maximum Gasteiger partial charge on any atom is 0.220 e. The Kier molecular flexibility index (Phi) is 5.85. The molecule has 2 aromatic rings. The third-order valence-electron chi connectivity index (χ3n) is 4.81. The Balaban J connectivity index is 1.57. The second kappa shape index (κ2) is 8.29. The molecule has 0 bridgehead atoms. The smallest absolute Gasteiger partial charge is 0.220 e. The molecule has 6 nitrogen and oxygen atoms in total. The number of carbonyl (C=O) groups is 1. The van der Waals surface area contributed by atoms with Gasteiger partial charge in [-0.15, -0.1) is 0 Å². The lowest BCUT2D eigenvalue weighted by atomic mass is 10.0. The summed E-state index contributed by atoms with van der Waals surface area (Å²) < 4.78 is 5.89. The number of β-amino-alcohol motifs (C(OH)–C–C–N with tert-alkyl or cyclic N) is 1. The van der Waals surface area contributed by atoms with Crippen molar-refractivity contribution in [2.45, 2.75) is 32.9 Å². The first-order valence-electron chi connectivity index (χ1n) is 8.87. The molecule has 6 heteroatoms. The SMILES string of the molecule is Cc1cccc(Oc2cc(CNC(=O)C[C@@H]3CNC[C@H]3O)ccn2)c1C. The van der Waals surface area contributed by atoms with E-state index in [4.69, 9.17) is 4.74 Å². The number of rotatable bonds is 6. The molecule has 3 rings (SSSR count). The molecule has 138 valence electrons. The summed E-state index contributed by atoms with van der Waals surface area (Å²) in [7, 11) is 0. The minimum atomic E-state index is -0.445. The summed E-state index contributed by atoms with van der Waals surface area (Å²) >= 11 is 0.